The van der Waals surface area contributed by atoms with Gasteiger partial charge in [0.15, 0.2) is 0 Å². The van der Waals surface area contributed by atoms with E-state index in [-0.39, 0.29) is 6.04 Å². The van der Waals surface area contributed by atoms with Crippen molar-refractivity contribution in [3.8, 4) is 0 Å². The second-order valence-corrected chi connectivity index (χ2v) is 4.16. The van der Waals surface area contributed by atoms with Crippen LogP contribution in [0.1, 0.15) is 13.3 Å². The fourth-order valence-corrected chi connectivity index (χ4v) is 1.62. The molecule has 0 bridgehead atoms. The first-order chi connectivity index (χ1) is 8.19. The summed E-state index contributed by atoms with van der Waals surface area (Å²) in [5, 5.41) is 3.84. The molecule has 1 aliphatic heterocycles. The van der Waals surface area contributed by atoms with E-state index < -0.39 is 0 Å². The van der Waals surface area contributed by atoms with Gasteiger partial charge in [0.2, 0.25) is 0 Å². The Labute approximate surface area is 108 Å². The van der Waals surface area contributed by atoms with E-state index in [0.29, 0.717) is 17.4 Å². The molecule has 0 aromatic heterocycles. The third-order valence-corrected chi connectivity index (χ3v) is 2.95. The molecule has 1 heterocycles. The molecule has 1 N–H and O–H groups in total. The first kappa shape index (κ1) is 13.9. The second-order valence-electron chi connectivity index (χ2n) is 3.72. The standard InChI is InChI=1S/C12H19ClN4/c1-4-11-8-14-6-7-17(11)10(3)15-9-16-12(13)5-2/h4,9,11,14H,1,3,5-8H2,2H3/t11-/m0/s1. The lowest BCUT2D eigenvalue weighted by atomic mass is 10.2. The van der Waals surface area contributed by atoms with Gasteiger partial charge in [-0.3, -0.25) is 0 Å². The van der Waals surface area contributed by atoms with Gasteiger partial charge >= 0.3 is 0 Å². The molecular weight excluding hydrogens is 236 g/mol. The molecule has 0 unspecified atom stereocenters. The quantitative estimate of drug-likeness (QED) is 0.463. The van der Waals surface area contributed by atoms with Crippen molar-refractivity contribution in [1.29, 1.82) is 0 Å². The van der Waals surface area contributed by atoms with Crippen molar-refractivity contribution < 1.29 is 0 Å². The topological polar surface area (TPSA) is 40.0 Å². The number of nitrogens with one attached hydrogen (secondary N) is 1. The molecule has 94 valence electrons. The van der Waals surface area contributed by atoms with E-state index in [0.717, 1.165) is 19.6 Å². The largest absolute Gasteiger partial charge is 0.348 e. The predicted molar refractivity (Wildman–Crippen MR) is 74.8 cm³/mol. The summed E-state index contributed by atoms with van der Waals surface area (Å²) in [4.78, 5) is 10.3. The van der Waals surface area contributed by atoms with Gasteiger partial charge in [0.05, 0.1) is 6.04 Å². The average molecular weight is 255 g/mol. The molecule has 1 rings (SSSR count). The summed E-state index contributed by atoms with van der Waals surface area (Å²) in [5.74, 6) is 0.695. The molecule has 1 fully saturated rings. The van der Waals surface area contributed by atoms with Crippen molar-refractivity contribution in [2.45, 2.75) is 19.4 Å². The molecule has 0 aromatic carbocycles. The lowest BCUT2D eigenvalue weighted by molar-refractivity contribution is 0.244. The van der Waals surface area contributed by atoms with Gasteiger partial charge in [-0.2, -0.15) is 0 Å². The number of rotatable bonds is 5. The summed E-state index contributed by atoms with van der Waals surface area (Å²) in [6.07, 6.45) is 4.06. The maximum atomic E-state index is 5.78. The minimum absolute atomic E-state index is 0.235. The monoisotopic (exact) mass is 254 g/mol. The van der Waals surface area contributed by atoms with Crippen molar-refractivity contribution >= 4 is 23.1 Å². The summed E-state index contributed by atoms with van der Waals surface area (Å²) in [6, 6.07) is 0.235. The lowest BCUT2D eigenvalue weighted by Crippen LogP contribution is -2.49. The van der Waals surface area contributed by atoms with Crippen LogP contribution in [-0.4, -0.2) is 42.1 Å². The number of aliphatic imine (C=N–C) groups is 2. The summed E-state index contributed by atoms with van der Waals surface area (Å²) >= 11 is 5.78. The molecule has 17 heavy (non-hydrogen) atoms. The van der Waals surface area contributed by atoms with E-state index in [1.807, 2.05) is 13.0 Å². The molecule has 0 aliphatic carbocycles. The van der Waals surface area contributed by atoms with Crippen LogP contribution in [0.2, 0.25) is 0 Å². The normalized spacial score (nSPS) is 21.9. The van der Waals surface area contributed by atoms with Crippen molar-refractivity contribution in [2.75, 3.05) is 19.6 Å². The van der Waals surface area contributed by atoms with E-state index in [4.69, 9.17) is 11.6 Å². The predicted octanol–water partition coefficient (Wildman–Crippen LogP) is 1.99. The van der Waals surface area contributed by atoms with Crippen LogP contribution in [0.4, 0.5) is 0 Å². The Hall–Kier alpha value is -1.13. The third-order valence-electron chi connectivity index (χ3n) is 2.58. The molecule has 0 saturated carbocycles. The Kier molecular flexibility index (Phi) is 5.94. The summed E-state index contributed by atoms with van der Waals surface area (Å²) in [6.45, 7) is 12.4. The summed E-state index contributed by atoms with van der Waals surface area (Å²) < 4.78 is 0. The van der Waals surface area contributed by atoms with Crippen LogP contribution in [0.3, 0.4) is 0 Å². The number of hydrogen-bond acceptors (Lipinski definition) is 3. The smallest absolute Gasteiger partial charge is 0.123 e. The van der Waals surface area contributed by atoms with Gasteiger partial charge in [-0.05, 0) is 6.42 Å². The van der Waals surface area contributed by atoms with Crippen molar-refractivity contribution in [1.82, 2.24) is 10.2 Å². The maximum absolute atomic E-state index is 5.78. The first-order valence-electron chi connectivity index (χ1n) is 5.72. The van der Waals surface area contributed by atoms with Crippen LogP contribution in [-0.2, 0) is 0 Å². The molecule has 1 atom stereocenters. The number of nitrogens with zero attached hydrogens (tertiary/aromatic N) is 3. The zero-order valence-electron chi connectivity index (χ0n) is 10.2. The highest BCUT2D eigenvalue weighted by Crippen LogP contribution is 2.11. The Morgan fingerprint density at radius 1 is 1.65 bits per heavy atom. The first-order valence-corrected chi connectivity index (χ1v) is 6.10. The van der Waals surface area contributed by atoms with Crippen LogP contribution in [0.5, 0.6) is 0 Å². The highest BCUT2D eigenvalue weighted by molar-refractivity contribution is 6.65. The highest BCUT2D eigenvalue weighted by atomic mass is 35.5. The molecular formula is C12H19ClN4. The van der Waals surface area contributed by atoms with Crippen LogP contribution < -0.4 is 5.32 Å². The van der Waals surface area contributed by atoms with E-state index in [1.165, 1.54) is 6.34 Å². The van der Waals surface area contributed by atoms with Gasteiger partial charge in [0, 0.05) is 19.6 Å². The SMILES string of the molecule is C=C[C@H]1CNCCN1C(=C)N=CN=C(Cl)CC. The number of piperazine rings is 1. The molecule has 5 heteroatoms. The molecule has 0 spiro atoms. The number of hydrogen-bond donors (Lipinski definition) is 1. The Morgan fingerprint density at radius 2 is 2.41 bits per heavy atom. The molecule has 0 amide bonds. The fourth-order valence-electron chi connectivity index (χ4n) is 1.58. The van der Waals surface area contributed by atoms with Gasteiger partial charge in [-0.1, -0.05) is 31.2 Å². The van der Waals surface area contributed by atoms with Crippen LogP contribution >= 0.6 is 11.6 Å². The van der Waals surface area contributed by atoms with E-state index in [2.05, 4.69) is 33.4 Å². The molecule has 0 aromatic rings. The van der Waals surface area contributed by atoms with Crippen molar-refractivity contribution in [2.24, 2.45) is 9.98 Å². The van der Waals surface area contributed by atoms with E-state index >= 15 is 0 Å². The minimum Gasteiger partial charge on any atom is -0.348 e. The Balaban J connectivity index is 2.59. The van der Waals surface area contributed by atoms with Crippen LogP contribution in [0.25, 0.3) is 0 Å². The van der Waals surface area contributed by atoms with E-state index in [9.17, 15) is 0 Å². The van der Waals surface area contributed by atoms with Gasteiger partial charge < -0.3 is 10.2 Å². The second kappa shape index (κ2) is 7.25. The zero-order valence-corrected chi connectivity index (χ0v) is 11.0. The average Bonchev–Trinajstić information content (AvgIpc) is 2.38. The Bertz CT molecular complexity index is 335. The van der Waals surface area contributed by atoms with Crippen molar-refractivity contribution in [3.63, 3.8) is 0 Å². The van der Waals surface area contributed by atoms with Gasteiger partial charge in [-0.15, -0.1) is 6.58 Å². The molecule has 1 aliphatic rings. The van der Waals surface area contributed by atoms with Crippen LogP contribution in [0, 0.1) is 0 Å². The van der Waals surface area contributed by atoms with Gasteiger partial charge in [0.1, 0.15) is 17.3 Å². The molecule has 0 radical (unpaired) electrons. The highest BCUT2D eigenvalue weighted by Gasteiger charge is 2.19. The summed E-state index contributed by atoms with van der Waals surface area (Å²) in [7, 11) is 0. The van der Waals surface area contributed by atoms with Gasteiger partial charge in [-0.25, -0.2) is 9.98 Å². The maximum Gasteiger partial charge on any atom is 0.123 e. The third kappa shape index (κ3) is 4.32. The molecule has 1 saturated heterocycles. The summed E-state index contributed by atoms with van der Waals surface area (Å²) in [5.41, 5.74) is 0. The number of halogens is 1. The Morgan fingerprint density at radius 3 is 3.06 bits per heavy atom. The van der Waals surface area contributed by atoms with Crippen LogP contribution in [0.15, 0.2) is 35.0 Å². The minimum atomic E-state index is 0.235. The fraction of sp³-hybridized carbons (Fsp3) is 0.500. The molecule has 4 nitrogen and oxygen atoms in total. The lowest BCUT2D eigenvalue weighted by Gasteiger charge is -2.35. The zero-order chi connectivity index (χ0) is 12.7. The van der Waals surface area contributed by atoms with E-state index in [1.54, 1.807) is 0 Å². The van der Waals surface area contributed by atoms with Crippen molar-refractivity contribution in [3.05, 3.63) is 25.1 Å². The van der Waals surface area contributed by atoms with Gasteiger partial charge in [0.25, 0.3) is 0 Å².